The molecule has 0 aromatic carbocycles. The molecule has 7 heteroatoms. The minimum Gasteiger partial charge on any atom is -0.364 e. The van der Waals surface area contributed by atoms with Gasteiger partial charge in [0.25, 0.3) is 0 Å². The van der Waals surface area contributed by atoms with Crippen LogP contribution in [-0.4, -0.2) is 21.5 Å². The Kier molecular flexibility index (Phi) is 4.27. The summed E-state index contributed by atoms with van der Waals surface area (Å²) in [5.74, 6) is 1.41. The van der Waals surface area contributed by atoms with Gasteiger partial charge in [0, 0.05) is 23.8 Å². The van der Waals surface area contributed by atoms with Crippen molar-refractivity contribution in [2.24, 2.45) is 0 Å². The first-order chi connectivity index (χ1) is 8.29. The van der Waals surface area contributed by atoms with E-state index < -0.39 is 0 Å². The number of anilines is 2. The highest BCUT2D eigenvalue weighted by molar-refractivity contribution is 9.10. The molecule has 0 spiro atoms. The van der Waals surface area contributed by atoms with Crippen LogP contribution in [0, 0.1) is 0 Å². The molecule has 0 radical (unpaired) electrons. The number of hydrogen-bond donors (Lipinski definition) is 2. The third-order valence-corrected chi connectivity index (χ3v) is 3.35. The van der Waals surface area contributed by atoms with Crippen LogP contribution in [0.5, 0.6) is 0 Å². The van der Waals surface area contributed by atoms with Crippen molar-refractivity contribution in [3.05, 3.63) is 27.3 Å². The minimum absolute atomic E-state index is 0.627. The number of hydrogen-bond acceptors (Lipinski definition) is 6. The number of rotatable bonds is 5. The molecule has 0 fully saturated rings. The van der Waals surface area contributed by atoms with Crippen molar-refractivity contribution in [1.29, 1.82) is 0 Å². The van der Waals surface area contributed by atoms with Crippen molar-refractivity contribution in [3.8, 4) is 0 Å². The van der Waals surface area contributed by atoms with Gasteiger partial charge in [-0.1, -0.05) is 0 Å². The third kappa shape index (κ3) is 3.37. The van der Waals surface area contributed by atoms with Crippen LogP contribution in [0.25, 0.3) is 0 Å². The van der Waals surface area contributed by atoms with Gasteiger partial charge in [-0.05, 0) is 22.9 Å². The lowest BCUT2D eigenvalue weighted by Crippen LogP contribution is -2.06. The number of aromatic nitrogens is 3. The summed E-state index contributed by atoms with van der Waals surface area (Å²) in [7, 11) is 0. The summed E-state index contributed by atoms with van der Waals surface area (Å²) in [6.45, 7) is 3.53. The second-order valence-electron chi connectivity index (χ2n) is 3.24. The van der Waals surface area contributed by atoms with Crippen molar-refractivity contribution in [2.45, 2.75) is 13.5 Å². The second kappa shape index (κ2) is 5.92. The SMILES string of the molecule is CCNc1ncc(Br)c(NCc2cncs2)n1. The molecule has 0 saturated heterocycles. The zero-order valence-corrected chi connectivity index (χ0v) is 11.7. The lowest BCUT2D eigenvalue weighted by atomic mass is 10.5. The average molecular weight is 314 g/mol. The van der Waals surface area contributed by atoms with Gasteiger partial charge < -0.3 is 10.6 Å². The van der Waals surface area contributed by atoms with E-state index in [9.17, 15) is 0 Å². The lowest BCUT2D eigenvalue weighted by molar-refractivity contribution is 1.05. The molecular formula is C10H12BrN5S. The summed E-state index contributed by atoms with van der Waals surface area (Å²) in [6, 6.07) is 0. The summed E-state index contributed by atoms with van der Waals surface area (Å²) in [4.78, 5) is 13.7. The highest BCUT2D eigenvalue weighted by Crippen LogP contribution is 2.21. The van der Waals surface area contributed by atoms with E-state index in [-0.39, 0.29) is 0 Å². The van der Waals surface area contributed by atoms with Gasteiger partial charge >= 0.3 is 0 Å². The molecule has 0 aliphatic rings. The summed E-state index contributed by atoms with van der Waals surface area (Å²) in [5, 5.41) is 6.32. The molecule has 90 valence electrons. The summed E-state index contributed by atoms with van der Waals surface area (Å²) < 4.78 is 0.851. The lowest BCUT2D eigenvalue weighted by Gasteiger charge is -2.08. The summed E-state index contributed by atoms with van der Waals surface area (Å²) in [5.41, 5.74) is 1.82. The first-order valence-electron chi connectivity index (χ1n) is 5.17. The fraction of sp³-hybridized carbons (Fsp3) is 0.300. The van der Waals surface area contributed by atoms with Gasteiger partial charge in [0.15, 0.2) is 0 Å². The van der Waals surface area contributed by atoms with Gasteiger partial charge in [0.1, 0.15) is 5.82 Å². The Morgan fingerprint density at radius 1 is 1.35 bits per heavy atom. The largest absolute Gasteiger partial charge is 0.364 e. The van der Waals surface area contributed by atoms with E-state index >= 15 is 0 Å². The predicted molar refractivity (Wildman–Crippen MR) is 73.3 cm³/mol. The van der Waals surface area contributed by atoms with Crippen LogP contribution in [0.15, 0.2) is 22.4 Å². The molecule has 0 amide bonds. The van der Waals surface area contributed by atoms with Crippen LogP contribution in [0.4, 0.5) is 11.8 Å². The third-order valence-electron chi connectivity index (χ3n) is 1.99. The second-order valence-corrected chi connectivity index (χ2v) is 5.07. The van der Waals surface area contributed by atoms with Crippen LogP contribution in [-0.2, 0) is 6.54 Å². The Balaban J connectivity index is 2.06. The van der Waals surface area contributed by atoms with Crippen LogP contribution < -0.4 is 10.6 Å². The van der Waals surface area contributed by atoms with Gasteiger partial charge in [0.05, 0.1) is 16.5 Å². The minimum atomic E-state index is 0.627. The molecule has 0 unspecified atom stereocenters. The maximum atomic E-state index is 4.37. The summed E-state index contributed by atoms with van der Waals surface area (Å²) in [6.07, 6.45) is 3.58. The van der Waals surface area contributed by atoms with Gasteiger partial charge in [-0.2, -0.15) is 4.98 Å². The monoisotopic (exact) mass is 313 g/mol. The maximum Gasteiger partial charge on any atom is 0.224 e. The molecule has 2 heterocycles. The zero-order valence-electron chi connectivity index (χ0n) is 9.27. The Labute approximate surface area is 112 Å². The molecule has 2 rings (SSSR count). The average Bonchev–Trinajstić information content (AvgIpc) is 2.83. The van der Waals surface area contributed by atoms with Gasteiger partial charge in [-0.15, -0.1) is 11.3 Å². The Bertz CT molecular complexity index is 474. The number of thiazole rings is 1. The van der Waals surface area contributed by atoms with Crippen molar-refractivity contribution in [1.82, 2.24) is 15.0 Å². The molecule has 5 nitrogen and oxygen atoms in total. The van der Waals surface area contributed by atoms with E-state index in [4.69, 9.17) is 0 Å². The van der Waals surface area contributed by atoms with Gasteiger partial charge in [0.2, 0.25) is 5.95 Å². The van der Waals surface area contributed by atoms with Crippen LogP contribution >= 0.6 is 27.3 Å². The maximum absolute atomic E-state index is 4.37. The van der Waals surface area contributed by atoms with E-state index in [2.05, 4.69) is 41.5 Å². The zero-order chi connectivity index (χ0) is 12.1. The van der Waals surface area contributed by atoms with E-state index in [1.165, 1.54) is 4.88 Å². The van der Waals surface area contributed by atoms with Crippen LogP contribution in [0.2, 0.25) is 0 Å². The first kappa shape index (κ1) is 12.3. The molecule has 0 atom stereocenters. The molecular weight excluding hydrogens is 302 g/mol. The standard InChI is InChI=1S/C10H12BrN5S/c1-2-13-10-15-5-8(11)9(16-10)14-4-7-3-12-6-17-7/h3,5-6H,2,4H2,1H3,(H2,13,14,15,16). The number of halogens is 1. The van der Waals surface area contributed by atoms with E-state index in [1.807, 2.05) is 18.6 Å². The van der Waals surface area contributed by atoms with E-state index in [0.29, 0.717) is 12.5 Å². The van der Waals surface area contributed by atoms with Gasteiger partial charge in [-0.25, -0.2) is 4.98 Å². The highest BCUT2D eigenvalue weighted by atomic mass is 79.9. The Morgan fingerprint density at radius 2 is 2.24 bits per heavy atom. The van der Waals surface area contributed by atoms with Crippen molar-refractivity contribution in [3.63, 3.8) is 0 Å². The summed E-state index contributed by atoms with van der Waals surface area (Å²) >= 11 is 5.03. The first-order valence-corrected chi connectivity index (χ1v) is 6.84. The molecule has 0 aliphatic carbocycles. The molecule has 17 heavy (non-hydrogen) atoms. The van der Waals surface area contributed by atoms with Gasteiger partial charge in [-0.3, -0.25) is 4.98 Å². The molecule has 2 N–H and O–H groups in total. The van der Waals surface area contributed by atoms with Crippen molar-refractivity contribution in [2.75, 3.05) is 17.2 Å². The fourth-order valence-electron chi connectivity index (χ4n) is 1.23. The smallest absolute Gasteiger partial charge is 0.224 e. The van der Waals surface area contributed by atoms with Crippen LogP contribution in [0.1, 0.15) is 11.8 Å². The number of nitrogens with one attached hydrogen (secondary N) is 2. The fourth-order valence-corrected chi connectivity index (χ4v) is 2.10. The Hall–Kier alpha value is -1.21. The normalized spacial score (nSPS) is 10.2. The molecule has 0 saturated carbocycles. The van der Waals surface area contributed by atoms with Crippen molar-refractivity contribution >= 4 is 39.0 Å². The molecule has 0 aliphatic heterocycles. The Morgan fingerprint density at radius 3 is 2.94 bits per heavy atom. The predicted octanol–water partition coefficient (Wildman–Crippen LogP) is 2.74. The molecule has 2 aromatic rings. The topological polar surface area (TPSA) is 62.7 Å². The van der Waals surface area contributed by atoms with E-state index in [0.717, 1.165) is 16.8 Å². The van der Waals surface area contributed by atoms with Crippen LogP contribution in [0.3, 0.4) is 0 Å². The highest BCUT2D eigenvalue weighted by Gasteiger charge is 2.04. The quantitative estimate of drug-likeness (QED) is 0.888. The van der Waals surface area contributed by atoms with E-state index in [1.54, 1.807) is 17.5 Å². The molecule has 2 aromatic heterocycles. The molecule has 0 bridgehead atoms. The van der Waals surface area contributed by atoms with Crippen molar-refractivity contribution < 1.29 is 0 Å². The number of nitrogens with zero attached hydrogens (tertiary/aromatic N) is 3.